The molecule has 1 fully saturated rings. The lowest BCUT2D eigenvalue weighted by Crippen LogP contribution is -2.35. The van der Waals surface area contributed by atoms with Gasteiger partial charge in [0.15, 0.2) is 0 Å². The maximum atomic E-state index is 11.9. The number of anilines is 1. The third-order valence-corrected chi connectivity index (χ3v) is 2.79. The number of nitrogens with zero attached hydrogens (tertiary/aromatic N) is 1. The number of hydrogen-bond acceptors (Lipinski definition) is 5. The molecule has 0 aromatic heterocycles. The molecule has 1 amide bonds. The molecule has 3 N–H and O–H groups in total. The first kappa shape index (κ1) is 12.3. The number of hydrogen-bond donors (Lipinski definition) is 2. The maximum absolute atomic E-state index is 11.9. The lowest BCUT2D eigenvalue weighted by atomic mass is 10.1. The Morgan fingerprint density at radius 1 is 1.56 bits per heavy atom. The average molecular weight is 251 g/mol. The number of nitrogens with two attached hydrogens (primary N) is 1. The standard InChI is InChI=1S/C11H13N3O4/c12-10-8(2-1-3-9(10)14(16)17)11(15)13-7-4-5-18-6-7/h1-3,7H,4-6,12H2,(H,13,15). The Hall–Kier alpha value is -2.15. The van der Waals surface area contributed by atoms with Crippen LogP contribution in [0.3, 0.4) is 0 Å². The van der Waals surface area contributed by atoms with Gasteiger partial charge in [-0.3, -0.25) is 14.9 Å². The molecule has 2 rings (SSSR count). The number of rotatable bonds is 3. The number of para-hydroxylation sites is 1. The molecule has 1 heterocycles. The summed E-state index contributed by atoms with van der Waals surface area (Å²) in [7, 11) is 0. The van der Waals surface area contributed by atoms with E-state index in [-0.39, 0.29) is 23.0 Å². The Bertz CT molecular complexity index is 483. The van der Waals surface area contributed by atoms with Crippen molar-refractivity contribution in [1.29, 1.82) is 0 Å². The van der Waals surface area contributed by atoms with Crippen LogP contribution in [0.4, 0.5) is 11.4 Å². The van der Waals surface area contributed by atoms with Crippen LogP contribution < -0.4 is 11.1 Å². The van der Waals surface area contributed by atoms with E-state index >= 15 is 0 Å². The molecule has 0 saturated carbocycles. The van der Waals surface area contributed by atoms with Crippen molar-refractivity contribution in [2.75, 3.05) is 18.9 Å². The summed E-state index contributed by atoms with van der Waals surface area (Å²) in [5, 5.41) is 13.5. The predicted molar refractivity (Wildman–Crippen MR) is 64.2 cm³/mol. The van der Waals surface area contributed by atoms with Crippen molar-refractivity contribution in [3.8, 4) is 0 Å². The van der Waals surface area contributed by atoms with Crippen molar-refractivity contribution in [1.82, 2.24) is 5.32 Å². The molecule has 1 saturated heterocycles. The lowest BCUT2D eigenvalue weighted by molar-refractivity contribution is -0.383. The van der Waals surface area contributed by atoms with Crippen LogP contribution >= 0.6 is 0 Å². The van der Waals surface area contributed by atoms with Crippen LogP contribution in [0, 0.1) is 10.1 Å². The van der Waals surface area contributed by atoms with Gasteiger partial charge >= 0.3 is 0 Å². The van der Waals surface area contributed by atoms with Gasteiger partial charge in [0.1, 0.15) is 5.69 Å². The van der Waals surface area contributed by atoms with E-state index in [1.165, 1.54) is 18.2 Å². The second kappa shape index (κ2) is 5.01. The summed E-state index contributed by atoms with van der Waals surface area (Å²) >= 11 is 0. The Balaban J connectivity index is 2.19. The van der Waals surface area contributed by atoms with Gasteiger partial charge in [0.25, 0.3) is 11.6 Å². The molecule has 96 valence electrons. The summed E-state index contributed by atoms with van der Waals surface area (Å²) in [6.07, 6.45) is 0.737. The zero-order valence-corrected chi connectivity index (χ0v) is 9.59. The van der Waals surface area contributed by atoms with Crippen LogP contribution in [0.2, 0.25) is 0 Å². The summed E-state index contributed by atoms with van der Waals surface area (Å²) < 4.78 is 5.13. The molecule has 7 nitrogen and oxygen atoms in total. The number of carbonyl (C=O) groups is 1. The van der Waals surface area contributed by atoms with Gasteiger partial charge in [-0.1, -0.05) is 6.07 Å². The summed E-state index contributed by atoms with van der Waals surface area (Å²) in [6, 6.07) is 4.11. The SMILES string of the molecule is Nc1c(C(=O)NC2CCOC2)cccc1[N+](=O)[O-]. The number of nitro benzene ring substituents is 1. The van der Waals surface area contributed by atoms with Crippen molar-refractivity contribution >= 4 is 17.3 Å². The highest BCUT2D eigenvalue weighted by molar-refractivity contribution is 6.01. The van der Waals surface area contributed by atoms with Gasteiger partial charge in [0.05, 0.1) is 23.1 Å². The Morgan fingerprint density at radius 2 is 2.33 bits per heavy atom. The maximum Gasteiger partial charge on any atom is 0.292 e. The Morgan fingerprint density at radius 3 is 2.94 bits per heavy atom. The molecular formula is C11H13N3O4. The van der Waals surface area contributed by atoms with E-state index in [0.717, 1.165) is 6.42 Å². The second-order valence-corrected chi connectivity index (χ2v) is 4.03. The molecule has 1 aliphatic heterocycles. The fourth-order valence-corrected chi connectivity index (χ4v) is 1.82. The van der Waals surface area contributed by atoms with Crippen molar-refractivity contribution in [2.24, 2.45) is 0 Å². The Labute approximate surface area is 103 Å². The summed E-state index contributed by atoms with van der Waals surface area (Å²) in [5.41, 5.74) is 5.38. The van der Waals surface area contributed by atoms with Gasteiger partial charge in [-0.05, 0) is 12.5 Å². The van der Waals surface area contributed by atoms with Crippen LogP contribution in [-0.2, 0) is 4.74 Å². The molecule has 0 spiro atoms. The smallest absolute Gasteiger partial charge is 0.292 e. The first-order valence-corrected chi connectivity index (χ1v) is 5.51. The minimum absolute atomic E-state index is 0.0591. The van der Waals surface area contributed by atoms with E-state index < -0.39 is 10.8 Å². The van der Waals surface area contributed by atoms with Gasteiger partial charge < -0.3 is 15.8 Å². The number of nitrogen functional groups attached to an aromatic ring is 1. The summed E-state index contributed by atoms with van der Waals surface area (Å²) in [5.74, 6) is -0.410. The molecule has 1 aliphatic rings. The molecule has 0 radical (unpaired) electrons. The third-order valence-electron chi connectivity index (χ3n) is 2.79. The van der Waals surface area contributed by atoms with Crippen molar-refractivity contribution in [3.05, 3.63) is 33.9 Å². The molecule has 1 unspecified atom stereocenters. The van der Waals surface area contributed by atoms with Gasteiger partial charge in [-0.2, -0.15) is 0 Å². The quantitative estimate of drug-likeness (QED) is 0.467. The fraction of sp³-hybridized carbons (Fsp3) is 0.364. The van der Waals surface area contributed by atoms with Crippen molar-refractivity contribution < 1.29 is 14.5 Å². The molecular weight excluding hydrogens is 238 g/mol. The molecule has 1 aromatic carbocycles. The zero-order valence-electron chi connectivity index (χ0n) is 9.59. The minimum Gasteiger partial charge on any atom is -0.393 e. The van der Waals surface area contributed by atoms with Gasteiger partial charge in [-0.25, -0.2) is 0 Å². The molecule has 1 aromatic rings. The predicted octanol–water partition coefficient (Wildman–Crippen LogP) is 0.696. The van der Waals surface area contributed by atoms with E-state index in [4.69, 9.17) is 10.5 Å². The van der Waals surface area contributed by atoms with E-state index in [1.807, 2.05) is 0 Å². The molecule has 7 heteroatoms. The first-order chi connectivity index (χ1) is 8.59. The average Bonchev–Trinajstić information content (AvgIpc) is 2.81. The summed E-state index contributed by atoms with van der Waals surface area (Å²) in [6.45, 7) is 1.07. The first-order valence-electron chi connectivity index (χ1n) is 5.51. The Kier molecular flexibility index (Phi) is 3.42. The fourth-order valence-electron chi connectivity index (χ4n) is 1.82. The second-order valence-electron chi connectivity index (χ2n) is 4.03. The van der Waals surface area contributed by atoms with Crippen molar-refractivity contribution in [3.63, 3.8) is 0 Å². The van der Waals surface area contributed by atoms with Crippen LogP contribution in [-0.4, -0.2) is 30.1 Å². The molecule has 18 heavy (non-hydrogen) atoms. The highest BCUT2D eigenvalue weighted by Gasteiger charge is 2.22. The van der Waals surface area contributed by atoms with E-state index in [0.29, 0.717) is 13.2 Å². The van der Waals surface area contributed by atoms with Crippen molar-refractivity contribution in [2.45, 2.75) is 12.5 Å². The van der Waals surface area contributed by atoms with E-state index in [1.54, 1.807) is 0 Å². The number of amides is 1. The topological polar surface area (TPSA) is 107 Å². The van der Waals surface area contributed by atoms with E-state index in [2.05, 4.69) is 5.32 Å². The summed E-state index contributed by atoms with van der Waals surface area (Å²) in [4.78, 5) is 22.0. The molecule has 0 aliphatic carbocycles. The number of nitrogens with one attached hydrogen (secondary N) is 1. The third kappa shape index (κ3) is 2.40. The minimum atomic E-state index is -0.606. The van der Waals surface area contributed by atoms with Gasteiger partial charge in [0.2, 0.25) is 0 Å². The van der Waals surface area contributed by atoms with Crippen LogP contribution in [0.1, 0.15) is 16.8 Å². The largest absolute Gasteiger partial charge is 0.393 e. The van der Waals surface area contributed by atoms with E-state index in [9.17, 15) is 14.9 Å². The van der Waals surface area contributed by atoms with Gasteiger partial charge in [-0.15, -0.1) is 0 Å². The van der Waals surface area contributed by atoms with Crippen LogP contribution in [0.15, 0.2) is 18.2 Å². The number of ether oxygens (including phenoxy) is 1. The number of nitro groups is 1. The molecule has 1 atom stereocenters. The monoisotopic (exact) mass is 251 g/mol. The molecule has 0 bridgehead atoms. The number of benzene rings is 1. The number of carbonyl (C=O) groups excluding carboxylic acids is 1. The normalized spacial score (nSPS) is 18.6. The van der Waals surface area contributed by atoms with Gasteiger partial charge in [0, 0.05) is 12.7 Å². The van der Waals surface area contributed by atoms with Crippen LogP contribution in [0.25, 0.3) is 0 Å². The van der Waals surface area contributed by atoms with Crippen LogP contribution in [0.5, 0.6) is 0 Å². The lowest BCUT2D eigenvalue weighted by Gasteiger charge is -2.11. The zero-order chi connectivity index (χ0) is 13.1. The highest BCUT2D eigenvalue weighted by Crippen LogP contribution is 2.24. The highest BCUT2D eigenvalue weighted by atomic mass is 16.6.